The molecule has 16 rings (SSSR count). The van der Waals surface area contributed by atoms with Crippen LogP contribution in [0.4, 0.5) is 98.6 Å². The Morgan fingerprint density at radius 3 is 1.32 bits per heavy atom. The maximum atomic E-state index is 13.5. The van der Waals surface area contributed by atoms with Crippen molar-refractivity contribution in [2.75, 3.05) is 124 Å². The molecule has 136 heavy (non-hydrogen) atoms. The molecule has 12 N–H and O–H groups in total. The number of amides is 1. The summed E-state index contributed by atoms with van der Waals surface area (Å²) in [6, 6.07) is 36.2. The molecule has 716 valence electrons. The van der Waals surface area contributed by atoms with Gasteiger partial charge < -0.3 is 69.7 Å². The van der Waals surface area contributed by atoms with E-state index in [9.17, 15) is 54.0 Å². The number of hydrogen-bond acceptors (Lipinski definition) is 39. The highest BCUT2D eigenvalue weighted by Gasteiger charge is 2.35. The molecule has 4 aliphatic heterocycles. The topological polar surface area (TPSA) is 509 Å². The number of nitrogens with zero attached hydrogens (tertiary/aromatic N) is 14. The van der Waals surface area contributed by atoms with Crippen LogP contribution in [0.2, 0.25) is 5.15 Å². The Labute approximate surface area is 797 Å². The van der Waals surface area contributed by atoms with E-state index in [0.717, 1.165) is 115 Å². The van der Waals surface area contributed by atoms with Gasteiger partial charge in [-0.2, -0.15) is 43.1 Å². The zero-order valence-electron chi connectivity index (χ0n) is 74.7. The molecule has 12 aromatic rings. The minimum Gasteiger partial charge on any atom is -0.465 e. The summed E-state index contributed by atoms with van der Waals surface area (Å²) in [5.41, 5.74) is 6.64. The van der Waals surface area contributed by atoms with E-state index in [1.807, 2.05) is 42.5 Å². The molecule has 39 nitrogen and oxygen atoms in total. The van der Waals surface area contributed by atoms with Crippen molar-refractivity contribution in [3.05, 3.63) is 209 Å². The SMILES string of the molecule is CC(=O)N1CCc2ccc(Nc3nc(NCc4ccc(S(N)(=O)=O)cc4)cc(C(F)(F)F)n3)cc21.CCOC(=O)c1sc(Nc2nc(NCc3ccc(C(=O)OC)cc3)cc(N3CCCCC3)n2)nc1C.CCOC(=O)c1sc(Nc2nc(NCc3ccc4c(c3)OCO4)cc(N3CCCCC3)n2)nc1C.COC(=O)c1sc(Nc2nc(Cl)cc(NCc3ccc(S(N)(=O)=O)cc3)n2)nc1C. The lowest BCUT2D eigenvalue weighted by molar-refractivity contribution is -0.141. The van der Waals surface area contributed by atoms with Gasteiger partial charge in [0.2, 0.25) is 56.5 Å². The second-order valence-corrected chi connectivity index (χ2v) is 37.0. The number of alkyl halides is 3. The number of carbonyl (C=O) groups is 5. The number of primary sulfonamides is 2. The van der Waals surface area contributed by atoms with Gasteiger partial charge in [-0.05, 0) is 168 Å². The van der Waals surface area contributed by atoms with Crippen LogP contribution in [0.15, 0.2) is 143 Å². The van der Waals surface area contributed by atoms with Crippen LogP contribution >= 0.6 is 45.6 Å². The van der Waals surface area contributed by atoms with Crippen LogP contribution in [-0.2, 0) is 82.6 Å². The molecular weight excluding hydrogens is 1890 g/mol. The van der Waals surface area contributed by atoms with Crippen LogP contribution in [0.5, 0.6) is 11.5 Å². The summed E-state index contributed by atoms with van der Waals surface area (Å²) < 4.78 is 116. The van der Waals surface area contributed by atoms with Crippen molar-refractivity contribution in [3.8, 4) is 11.5 Å². The molecule has 7 aromatic heterocycles. The lowest BCUT2D eigenvalue weighted by Gasteiger charge is -2.28. The molecule has 48 heteroatoms. The van der Waals surface area contributed by atoms with Gasteiger partial charge in [0.25, 0.3) is 0 Å². The number of methoxy groups -OCH3 is 2. The number of thiazole rings is 3. The highest BCUT2D eigenvalue weighted by molar-refractivity contribution is 7.89. The van der Waals surface area contributed by atoms with Crippen LogP contribution in [0.3, 0.4) is 0 Å². The fourth-order valence-electron chi connectivity index (χ4n) is 13.9. The number of nitrogens with one attached hydrogen (secondary N) is 8. The van der Waals surface area contributed by atoms with Crippen molar-refractivity contribution in [2.24, 2.45) is 10.3 Å². The highest BCUT2D eigenvalue weighted by atomic mass is 35.5. The largest absolute Gasteiger partial charge is 0.465 e. The van der Waals surface area contributed by atoms with Crippen LogP contribution < -0.4 is 77.0 Å². The lowest BCUT2D eigenvalue weighted by Crippen LogP contribution is -2.30. The summed E-state index contributed by atoms with van der Waals surface area (Å²) in [6.07, 6.45) is 2.96. The van der Waals surface area contributed by atoms with Gasteiger partial charge in [0.1, 0.15) is 54.7 Å². The van der Waals surface area contributed by atoms with Gasteiger partial charge in [0.05, 0.1) is 59.9 Å². The van der Waals surface area contributed by atoms with Crippen molar-refractivity contribution in [2.45, 2.75) is 129 Å². The first kappa shape index (κ1) is 99.6. The number of sulfonamides is 2. The minimum absolute atomic E-state index is 0.0351. The summed E-state index contributed by atoms with van der Waals surface area (Å²) in [7, 11) is -4.92. The number of benzene rings is 5. The molecular formula is C88H96ClF3N24O15S5. The number of anilines is 15. The second kappa shape index (κ2) is 45.5. The number of nitrogens with two attached hydrogens (primary N) is 2. The fraction of sp³-hybridized carbons (Fsp3) is 0.318. The third kappa shape index (κ3) is 27.5. The van der Waals surface area contributed by atoms with E-state index in [1.54, 1.807) is 88.0 Å². The van der Waals surface area contributed by atoms with Crippen molar-refractivity contribution >= 4 is 181 Å². The molecule has 5 aromatic carbocycles. The average molecular weight is 1980 g/mol. The maximum absolute atomic E-state index is 13.5. The van der Waals surface area contributed by atoms with Gasteiger partial charge in [-0.25, -0.2) is 71.2 Å². The van der Waals surface area contributed by atoms with Gasteiger partial charge in [0.15, 0.2) is 32.6 Å². The first-order valence-corrected chi connectivity index (χ1v) is 48.4. The Kier molecular flexibility index (Phi) is 33.3. The Balaban J connectivity index is 0.000000154. The van der Waals surface area contributed by atoms with Gasteiger partial charge in [-0.3, -0.25) is 20.7 Å². The summed E-state index contributed by atoms with van der Waals surface area (Å²) in [5.74, 6) is 3.91. The van der Waals surface area contributed by atoms with Gasteiger partial charge >= 0.3 is 30.1 Å². The van der Waals surface area contributed by atoms with Crippen molar-refractivity contribution in [1.82, 2.24) is 54.8 Å². The van der Waals surface area contributed by atoms with E-state index in [0.29, 0.717) is 145 Å². The van der Waals surface area contributed by atoms with Crippen LogP contribution in [0.25, 0.3) is 0 Å². The smallest absolute Gasteiger partial charge is 0.433 e. The molecule has 0 radical (unpaired) electrons. The summed E-state index contributed by atoms with van der Waals surface area (Å²) in [5, 5.41) is 36.5. The Morgan fingerprint density at radius 1 is 0.463 bits per heavy atom. The molecule has 0 saturated carbocycles. The van der Waals surface area contributed by atoms with Crippen LogP contribution in [-0.4, -0.2) is 168 Å². The number of halogens is 4. The van der Waals surface area contributed by atoms with E-state index < -0.39 is 37.9 Å². The quantitative estimate of drug-likeness (QED) is 0.0114. The summed E-state index contributed by atoms with van der Waals surface area (Å²) in [4.78, 5) is 115. The molecule has 0 unspecified atom stereocenters. The Bertz CT molecular complexity index is 6540. The number of rotatable bonds is 30. The number of carbonyl (C=O) groups excluding carboxylic acids is 5. The summed E-state index contributed by atoms with van der Waals surface area (Å²) in [6.45, 7) is 17.0. The first-order valence-electron chi connectivity index (χ1n) is 42.5. The van der Waals surface area contributed by atoms with Crippen LogP contribution in [0.1, 0.15) is 149 Å². The Morgan fingerprint density at radius 2 is 0.875 bits per heavy atom. The molecule has 0 bridgehead atoms. The number of hydrogen-bond donors (Lipinski definition) is 10. The number of ether oxygens (including phenoxy) is 6. The molecule has 1 amide bonds. The van der Waals surface area contributed by atoms with E-state index in [2.05, 4.69) is 97.2 Å². The standard InChI is InChI=1S/C25H30N6O4S.C24H28N6O4S.C22H21F3N6O3S.C17H17ClN6O4S2/c1-4-35-23(33)21-16(2)27-25(36-21)30-24-28-19(14-20(29-24)31-12-6-5-7-13-31)26-15-17-8-10-18(11-9-17)22(32)34-3;1-3-32-22(31)21-15(2)26-24(35-21)29-23-27-19(12-20(28-23)30-9-5-4-6-10-30)25-13-16-7-8-17-18(11-16)34-14-33-17;1-13(32)31-9-8-15-4-5-16(10-18(15)31)28-21-29-19(22(23,24)25)11-20(30-21)27-12-14-2-6-17(7-3-14)35(26,33)34;1-9-14(15(25)28-2)29-17(21-9)24-16-22-12(18)7-13(23-16)20-8-10-3-5-11(6-4-10)30(19,26)27/h8-11,14H,4-7,12-13,15H2,1-3H3,(H2,26,27,28,29,30);7-8,11-12H,3-6,9-10,13-14H2,1-2H3,(H2,25,26,27,28,29);2-7,10-11H,8-9,12H2,1H3,(H2,26,33,34)(H2,27,28,29,30);3-7H,8H2,1-2H3,(H2,19,26,27)(H2,20,21,22,23,24). The molecule has 11 heterocycles. The molecule has 2 saturated heterocycles. The number of esters is 4. The van der Waals surface area contributed by atoms with E-state index >= 15 is 0 Å². The van der Waals surface area contributed by atoms with Crippen molar-refractivity contribution in [3.63, 3.8) is 0 Å². The second-order valence-electron chi connectivity index (χ2n) is 30.5. The highest BCUT2D eigenvalue weighted by Crippen LogP contribution is 2.38. The minimum atomic E-state index is -4.71. The first-order chi connectivity index (χ1) is 65.1. The predicted octanol–water partition coefficient (Wildman–Crippen LogP) is 15.1. The lowest BCUT2D eigenvalue weighted by atomic mass is 10.1. The monoisotopic (exact) mass is 1980 g/mol. The predicted molar refractivity (Wildman–Crippen MR) is 511 cm³/mol. The maximum Gasteiger partial charge on any atom is 0.433 e. The molecule has 0 atom stereocenters. The third-order valence-corrected chi connectivity index (χ3v) is 25.9. The van der Waals surface area contributed by atoms with Crippen molar-refractivity contribution < 1.29 is 82.4 Å². The number of fused-ring (bicyclic) bond motifs is 2. The van der Waals surface area contributed by atoms with E-state index in [-0.39, 0.29) is 69.8 Å². The van der Waals surface area contributed by atoms with Crippen molar-refractivity contribution in [1.29, 1.82) is 0 Å². The number of aryl methyl sites for hydroxylation is 3. The van der Waals surface area contributed by atoms with Gasteiger partial charge in [0, 0.05) is 101 Å². The molecule has 4 aliphatic rings. The molecule has 0 aliphatic carbocycles. The fourth-order valence-corrected chi connectivity index (χ4v) is 17.7. The van der Waals surface area contributed by atoms with Gasteiger partial charge in [-0.1, -0.05) is 94.1 Å². The number of piperidine rings is 2. The average Bonchev–Trinajstić information content (AvgIpc) is 1.71. The normalized spacial score (nSPS) is 13.2. The molecule has 0 spiro atoms. The van der Waals surface area contributed by atoms with E-state index in [4.69, 9.17) is 60.3 Å². The number of aromatic nitrogens is 11. The third-order valence-electron chi connectivity index (χ3n) is 20.7. The van der Waals surface area contributed by atoms with Crippen LogP contribution in [0, 0.1) is 20.8 Å². The zero-order chi connectivity index (χ0) is 97.0. The molecule has 2 fully saturated rings. The van der Waals surface area contributed by atoms with E-state index in [1.165, 1.54) is 93.1 Å². The summed E-state index contributed by atoms with van der Waals surface area (Å²) >= 11 is 9.64. The Hall–Kier alpha value is -13.8. The zero-order valence-corrected chi connectivity index (χ0v) is 79.6. The van der Waals surface area contributed by atoms with Gasteiger partial charge in [-0.15, -0.1) is 0 Å².